The number of hydrogen-bond acceptors (Lipinski definition) is 3. The Hall–Kier alpha value is -2.08. The van der Waals surface area contributed by atoms with Gasteiger partial charge in [-0.25, -0.2) is 0 Å². The first-order valence-electron chi connectivity index (χ1n) is 8.65. The van der Waals surface area contributed by atoms with E-state index in [-0.39, 0.29) is 24.2 Å². The van der Waals surface area contributed by atoms with E-state index in [1.165, 1.54) is 0 Å². The molecular formula is C20H23Cl2N3O2. The second-order valence-corrected chi connectivity index (χ2v) is 6.98. The van der Waals surface area contributed by atoms with Crippen molar-refractivity contribution in [2.45, 2.75) is 25.4 Å². The Morgan fingerprint density at radius 2 is 1.93 bits per heavy atom. The molecule has 3 rings (SSSR count). The minimum Gasteiger partial charge on any atom is -0.344 e. The largest absolute Gasteiger partial charge is 0.344 e. The Morgan fingerprint density at radius 3 is 2.59 bits per heavy atom. The quantitative estimate of drug-likeness (QED) is 0.797. The summed E-state index contributed by atoms with van der Waals surface area (Å²) in [5.74, 6) is -0.779. The van der Waals surface area contributed by atoms with Crippen molar-refractivity contribution < 1.29 is 9.59 Å². The maximum atomic E-state index is 12.7. The number of nitrogens with two attached hydrogens (primary N) is 1. The van der Waals surface area contributed by atoms with E-state index in [0.29, 0.717) is 18.0 Å². The highest BCUT2D eigenvalue weighted by atomic mass is 35.5. The molecule has 1 saturated heterocycles. The number of nitrogens with one attached hydrogen (secondary N) is 1. The van der Waals surface area contributed by atoms with Crippen LogP contribution >= 0.6 is 24.0 Å². The van der Waals surface area contributed by atoms with Crippen LogP contribution in [0.15, 0.2) is 54.6 Å². The normalized spacial score (nSPS) is 18.6. The Balaban J connectivity index is 0.00000261. The second-order valence-electron chi connectivity index (χ2n) is 6.54. The molecule has 7 heteroatoms. The minimum atomic E-state index is -0.535. The highest BCUT2D eigenvalue weighted by molar-refractivity contribution is 6.31. The Kier molecular flexibility index (Phi) is 7.25. The van der Waals surface area contributed by atoms with Gasteiger partial charge < -0.3 is 16.0 Å². The molecule has 1 aliphatic rings. The fourth-order valence-electron chi connectivity index (χ4n) is 3.14. The van der Waals surface area contributed by atoms with E-state index in [1.807, 2.05) is 36.4 Å². The number of benzene rings is 2. The molecule has 3 N–H and O–H groups in total. The third kappa shape index (κ3) is 4.80. The van der Waals surface area contributed by atoms with Crippen molar-refractivity contribution in [1.82, 2.24) is 5.32 Å². The van der Waals surface area contributed by atoms with Gasteiger partial charge in [0.15, 0.2) is 0 Å². The van der Waals surface area contributed by atoms with Crippen LogP contribution in [-0.2, 0) is 9.59 Å². The van der Waals surface area contributed by atoms with Gasteiger partial charge in [0.05, 0.1) is 5.92 Å². The fourth-order valence-corrected chi connectivity index (χ4v) is 3.33. The highest BCUT2D eigenvalue weighted by Gasteiger charge is 2.35. The molecule has 0 bridgehead atoms. The monoisotopic (exact) mass is 407 g/mol. The molecule has 0 aromatic heterocycles. The Labute approximate surface area is 170 Å². The average Bonchev–Trinajstić information content (AvgIpc) is 3.01. The predicted octanol–water partition coefficient (Wildman–Crippen LogP) is 3.32. The molecule has 0 saturated carbocycles. The zero-order chi connectivity index (χ0) is 18.7. The minimum absolute atomic E-state index is 0. The molecular weight excluding hydrogens is 385 g/mol. The van der Waals surface area contributed by atoms with Gasteiger partial charge in [-0.05, 0) is 30.2 Å². The zero-order valence-corrected chi connectivity index (χ0v) is 16.5. The van der Waals surface area contributed by atoms with E-state index in [4.69, 9.17) is 17.3 Å². The lowest BCUT2D eigenvalue weighted by molar-refractivity contribution is -0.129. The maximum Gasteiger partial charge on any atom is 0.249 e. The highest BCUT2D eigenvalue weighted by Crippen LogP contribution is 2.25. The van der Waals surface area contributed by atoms with Crippen LogP contribution < -0.4 is 16.0 Å². The summed E-state index contributed by atoms with van der Waals surface area (Å²) in [5.41, 5.74) is 7.85. The van der Waals surface area contributed by atoms with Gasteiger partial charge in [-0.1, -0.05) is 54.9 Å². The van der Waals surface area contributed by atoms with Crippen LogP contribution in [0.1, 0.15) is 24.9 Å². The summed E-state index contributed by atoms with van der Waals surface area (Å²) in [6.45, 7) is 2.32. The van der Waals surface area contributed by atoms with Crippen LogP contribution in [0.5, 0.6) is 0 Å². The molecule has 0 radical (unpaired) electrons. The summed E-state index contributed by atoms with van der Waals surface area (Å²) < 4.78 is 0. The zero-order valence-electron chi connectivity index (χ0n) is 15.0. The fraction of sp³-hybridized carbons (Fsp3) is 0.300. The molecule has 2 aromatic carbocycles. The first-order valence-corrected chi connectivity index (χ1v) is 9.03. The number of hydrogen-bond donors (Lipinski definition) is 2. The number of amides is 2. The molecule has 1 fully saturated rings. The standard InChI is InChI=1S/C20H22ClN3O2.ClH/c1-13(18(22)14-6-3-2-4-7-14)19(25)23-17-10-11-24(20(17)26)16-9-5-8-15(21)12-16;/h2-9,12-13,17-18H,10-11,22H2,1H3,(H,23,25);1H. The van der Waals surface area contributed by atoms with Crippen molar-refractivity contribution in [2.24, 2.45) is 11.7 Å². The SMILES string of the molecule is CC(C(=O)NC1CCN(c2cccc(Cl)c2)C1=O)C(N)c1ccccc1.Cl. The van der Waals surface area contributed by atoms with Crippen molar-refractivity contribution in [3.05, 3.63) is 65.2 Å². The molecule has 1 aliphatic heterocycles. The molecule has 5 nitrogen and oxygen atoms in total. The van der Waals surface area contributed by atoms with Gasteiger partial charge in [-0.3, -0.25) is 9.59 Å². The molecule has 0 spiro atoms. The summed E-state index contributed by atoms with van der Waals surface area (Å²) in [6, 6.07) is 15.7. The predicted molar refractivity (Wildman–Crippen MR) is 110 cm³/mol. The average molecular weight is 408 g/mol. The summed E-state index contributed by atoms with van der Waals surface area (Å²) in [4.78, 5) is 26.9. The van der Waals surface area contributed by atoms with Gasteiger partial charge in [-0.2, -0.15) is 0 Å². The molecule has 3 atom stereocenters. The molecule has 3 unspecified atom stereocenters. The van der Waals surface area contributed by atoms with E-state index >= 15 is 0 Å². The van der Waals surface area contributed by atoms with Crippen LogP contribution in [0.25, 0.3) is 0 Å². The van der Waals surface area contributed by atoms with Gasteiger partial charge in [0.1, 0.15) is 6.04 Å². The maximum absolute atomic E-state index is 12.7. The van der Waals surface area contributed by atoms with Gasteiger partial charge in [0.25, 0.3) is 0 Å². The Bertz CT molecular complexity index is 801. The number of carbonyl (C=O) groups excluding carboxylic acids is 2. The molecule has 2 amide bonds. The number of halogens is 2. The number of anilines is 1. The molecule has 2 aromatic rings. The lowest BCUT2D eigenvalue weighted by atomic mass is 9.94. The Morgan fingerprint density at radius 1 is 1.22 bits per heavy atom. The summed E-state index contributed by atoms with van der Waals surface area (Å²) in [6.07, 6.45) is 0.560. The summed E-state index contributed by atoms with van der Waals surface area (Å²) >= 11 is 6.00. The number of carbonyl (C=O) groups is 2. The van der Waals surface area contributed by atoms with E-state index in [1.54, 1.807) is 30.0 Å². The number of nitrogens with zero attached hydrogens (tertiary/aromatic N) is 1. The van der Waals surface area contributed by atoms with E-state index in [9.17, 15) is 9.59 Å². The van der Waals surface area contributed by atoms with Crippen molar-refractivity contribution in [2.75, 3.05) is 11.4 Å². The van der Waals surface area contributed by atoms with E-state index in [0.717, 1.165) is 11.3 Å². The van der Waals surface area contributed by atoms with Crippen molar-refractivity contribution in [3.8, 4) is 0 Å². The molecule has 144 valence electrons. The summed E-state index contributed by atoms with van der Waals surface area (Å²) in [7, 11) is 0. The van der Waals surface area contributed by atoms with Crippen LogP contribution in [-0.4, -0.2) is 24.4 Å². The summed E-state index contributed by atoms with van der Waals surface area (Å²) in [5, 5.41) is 3.42. The van der Waals surface area contributed by atoms with E-state index < -0.39 is 18.0 Å². The molecule has 1 heterocycles. The lowest BCUT2D eigenvalue weighted by Gasteiger charge is -2.22. The van der Waals surface area contributed by atoms with E-state index in [2.05, 4.69) is 5.32 Å². The van der Waals surface area contributed by atoms with Crippen LogP contribution in [0.2, 0.25) is 5.02 Å². The van der Waals surface area contributed by atoms with Crippen LogP contribution in [0, 0.1) is 5.92 Å². The lowest BCUT2D eigenvalue weighted by Crippen LogP contribution is -2.45. The first kappa shape index (κ1) is 21.2. The number of rotatable bonds is 5. The van der Waals surface area contributed by atoms with Gasteiger partial charge >= 0.3 is 0 Å². The van der Waals surface area contributed by atoms with Crippen molar-refractivity contribution in [1.29, 1.82) is 0 Å². The van der Waals surface area contributed by atoms with Gasteiger partial charge in [0.2, 0.25) is 11.8 Å². The molecule has 0 aliphatic carbocycles. The third-order valence-electron chi connectivity index (χ3n) is 4.78. The van der Waals surface area contributed by atoms with Crippen LogP contribution in [0.4, 0.5) is 5.69 Å². The van der Waals surface area contributed by atoms with Gasteiger partial charge in [0, 0.05) is 23.3 Å². The second kappa shape index (κ2) is 9.22. The topological polar surface area (TPSA) is 75.4 Å². The van der Waals surface area contributed by atoms with Crippen molar-refractivity contribution in [3.63, 3.8) is 0 Å². The molecule has 27 heavy (non-hydrogen) atoms. The smallest absolute Gasteiger partial charge is 0.249 e. The van der Waals surface area contributed by atoms with Gasteiger partial charge in [-0.15, -0.1) is 12.4 Å². The van der Waals surface area contributed by atoms with Crippen LogP contribution in [0.3, 0.4) is 0 Å². The first-order chi connectivity index (χ1) is 12.5. The third-order valence-corrected chi connectivity index (χ3v) is 5.01. The van der Waals surface area contributed by atoms with Crippen molar-refractivity contribution >= 4 is 41.5 Å².